The maximum absolute atomic E-state index is 13.6. The zero-order valence-corrected chi connectivity index (χ0v) is 20.9. The summed E-state index contributed by atoms with van der Waals surface area (Å²) in [6.07, 6.45) is 2.65. The summed E-state index contributed by atoms with van der Waals surface area (Å²) in [5.41, 5.74) is 0.985. The Bertz CT molecular complexity index is 1180. The molecule has 2 aromatic rings. The van der Waals surface area contributed by atoms with Crippen LogP contribution in [0.25, 0.3) is 0 Å². The zero-order valence-electron chi connectivity index (χ0n) is 20.1. The number of carbonyl (C=O) groups is 2. The predicted octanol–water partition coefficient (Wildman–Crippen LogP) is 3.61. The van der Waals surface area contributed by atoms with E-state index < -0.39 is 29.1 Å². The normalized spacial score (nSPS) is 28.6. The molecule has 36 heavy (non-hydrogen) atoms. The van der Waals surface area contributed by atoms with Crippen LogP contribution in [0, 0.1) is 12.7 Å². The van der Waals surface area contributed by atoms with Gasteiger partial charge in [0, 0.05) is 11.6 Å². The summed E-state index contributed by atoms with van der Waals surface area (Å²) in [6, 6.07) is 9.95. The van der Waals surface area contributed by atoms with Crippen LogP contribution < -0.4 is 20.1 Å². The lowest BCUT2D eigenvalue weighted by molar-refractivity contribution is -0.140. The van der Waals surface area contributed by atoms with Crippen molar-refractivity contribution in [3.63, 3.8) is 0 Å². The van der Waals surface area contributed by atoms with E-state index in [9.17, 15) is 19.1 Å². The van der Waals surface area contributed by atoms with Crippen LogP contribution in [-0.4, -0.2) is 46.8 Å². The summed E-state index contributed by atoms with van der Waals surface area (Å²) < 4.78 is 25.0. The van der Waals surface area contributed by atoms with Crippen LogP contribution in [0.2, 0.25) is 5.02 Å². The second-order valence-electron chi connectivity index (χ2n) is 10.3. The van der Waals surface area contributed by atoms with Gasteiger partial charge in [0.15, 0.2) is 12.7 Å². The molecular formula is C27H30ClFN2O5. The second-order valence-corrected chi connectivity index (χ2v) is 10.7. The standard InChI is InChI=1S/C27H30ClFN2O5/c1-16-2-6-21-17(12-16)3-7-22(36-21)25(34)31-27-10-8-26(9-11-27,14-23(27)32)30-24(33)15-35-18-4-5-19(28)20(29)13-18/h2,4-6,12-13,22-23,32H,3,7-11,14-15H2,1H3,(H,30,33)(H,31,34)/t22?,23-,26?,27?/m0/s1. The summed E-state index contributed by atoms with van der Waals surface area (Å²) in [4.78, 5) is 25.7. The zero-order chi connectivity index (χ0) is 25.5. The third kappa shape index (κ3) is 4.89. The first-order valence-electron chi connectivity index (χ1n) is 12.3. The molecular weight excluding hydrogens is 487 g/mol. The number of nitrogens with one attached hydrogen (secondary N) is 2. The molecule has 3 N–H and O–H groups in total. The van der Waals surface area contributed by atoms with Crippen molar-refractivity contribution in [2.24, 2.45) is 0 Å². The number of aliphatic hydroxyl groups is 1. The third-order valence-electron chi connectivity index (χ3n) is 7.81. The number of rotatable bonds is 6. The quantitative estimate of drug-likeness (QED) is 0.545. The summed E-state index contributed by atoms with van der Waals surface area (Å²) in [6.45, 7) is 1.75. The fourth-order valence-electron chi connectivity index (χ4n) is 5.74. The Labute approximate surface area is 214 Å². The van der Waals surface area contributed by atoms with Gasteiger partial charge < -0.3 is 25.2 Å². The maximum atomic E-state index is 13.6. The van der Waals surface area contributed by atoms with Crippen molar-refractivity contribution in [3.8, 4) is 11.5 Å². The highest BCUT2D eigenvalue weighted by Crippen LogP contribution is 2.47. The van der Waals surface area contributed by atoms with Gasteiger partial charge in [-0.1, -0.05) is 29.3 Å². The highest BCUT2D eigenvalue weighted by atomic mass is 35.5. The van der Waals surface area contributed by atoms with E-state index >= 15 is 0 Å². The smallest absolute Gasteiger partial charge is 0.261 e. The molecule has 2 atom stereocenters. The van der Waals surface area contributed by atoms with E-state index in [1.165, 1.54) is 12.1 Å². The number of aryl methyl sites for hydroxylation is 2. The number of carbonyl (C=O) groups excluding carboxylic acids is 2. The molecule has 3 saturated carbocycles. The van der Waals surface area contributed by atoms with Crippen LogP contribution in [0.15, 0.2) is 36.4 Å². The number of hydrogen-bond donors (Lipinski definition) is 3. The van der Waals surface area contributed by atoms with Crippen molar-refractivity contribution in [2.75, 3.05) is 6.61 Å². The van der Waals surface area contributed by atoms with Gasteiger partial charge in [-0.2, -0.15) is 0 Å². The van der Waals surface area contributed by atoms with E-state index in [1.807, 2.05) is 19.1 Å². The molecule has 0 spiro atoms. The molecule has 7 nitrogen and oxygen atoms in total. The molecule has 2 aromatic carbocycles. The summed E-state index contributed by atoms with van der Waals surface area (Å²) in [5, 5.41) is 17.1. The SMILES string of the molecule is Cc1ccc2c(c1)CCC(C(=O)NC13CCC(NC(=O)COc4ccc(Cl)c(F)c4)(CC1)C[C@@H]3O)O2. The summed E-state index contributed by atoms with van der Waals surface area (Å²) in [5.74, 6) is -0.223. The molecule has 1 unspecified atom stereocenters. The summed E-state index contributed by atoms with van der Waals surface area (Å²) in [7, 11) is 0. The fourth-order valence-corrected chi connectivity index (χ4v) is 5.85. The molecule has 0 radical (unpaired) electrons. The van der Waals surface area contributed by atoms with Crippen LogP contribution in [0.5, 0.6) is 11.5 Å². The molecule has 4 aliphatic rings. The Hall–Kier alpha value is -2.84. The maximum Gasteiger partial charge on any atom is 0.261 e. The molecule has 6 rings (SSSR count). The van der Waals surface area contributed by atoms with Gasteiger partial charge in [0.05, 0.1) is 16.7 Å². The molecule has 1 aliphatic heterocycles. The van der Waals surface area contributed by atoms with Crippen molar-refractivity contribution in [3.05, 3.63) is 58.4 Å². The average molecular weight is 517 g/mol. The molecule has 192 valence electrons. The Balaban J connectivity index is 1.16. The third-order valence-corrected chi connectivity index (χ3v) is 8.12. The van der Waals surface area contributed by atoms with Gasteiger partial charge in [0.1, 0.15) is 17.3 Å². The fraction of sp³-hybridized carbons (Fsp3) is 0.481. The average Bonchev–Trinajstić information content (AvgIpc) is 2.85. The lowest BCUT2D eigenvalue weighted by atomic mass is 9.59. The molecule has 2 bridgehead atoms. The van der Waals surface area contributed by atoms with Gasteiger partial charge in [-0.05, 0) is 75.6 Å². The number of benzene rings is 2. The molecule has 1 heterocycles. The number of amides is 2. The van der Waals surface area contributed by atoms with E-state index in [0.717, 1.165) is 29.4 Å². The van der Waals surface area contributed by atoms with Crippen LogP contribution in [-0.2, 0) is 16.0 Å². The Kier molecular flexibility index (Phi) is 6.59. The predicted molar refractivity (Wildman–Crippen MR) is 132 cm³/mol. The second kappa shape index (κ2) is 9.56. The minimum atomic E-state index is -0.797. The summed E-state index contributed by atoms with van der Waals surface area (Å²) >= 11 is 5.67. The van der Waals surface area contributed by atoms with Crippen LogP contribution in [0.1, 0.15) is 49.7 Å². The lowest BCUT2D eigenvalue weighted by Gasteiger charge is -2.56. The van der Waals surface area contributed by atoms with Gasteiger partial charge in [-0.3, -0.25) is 9.59 Å². The number of halogens is 2. The largest absolute Gasteiger partial charge is 0.484 e. The van der Waals surface area contributed by atoms with Gasteiger partial charge in [-0.25, -0.2) is 4.39 Å². The Morgan fingerprint density at radius 3 is 2.67 bits per heavy atom. The lowest BCUT2D eigenvalue weighted by Crippen LogP contribution is -2.71. The van der Waals surface area contributed by atoms with E-state index in [2.05, 4.69) is 16.7 Å². The van der Waals surface area contributed by atoms with Crippen molar-refractivity contribution >= 4 is 23.4 Å². The first-order chi connectivity index (χ1) is 17.2. The first-order valence-corrected chi connectivity index (χ1v) is 12.7. The molecule has 9 heteroatoms. The molecule has 0 saturated heterocycles. The minimum absolute atomic E-state index is 0.0189. The Morgan fingerprint density at radius 1 is 1.17 bits per heavy atom. The van der Waals surface area contributed by atoms with Crippen molar-refractivity contribution in [1.29, 1.82) is 0 Å². The number of hydrogen-bond acceptors (Lipinski definition) is 5. The number of ether oxygens (including phenoxy) is 2. The van der Waals surface area contributed by atoms with Gasteiger partial charge >= 0.3 is 0 Å². The highest BCUT2D eigenvalue weighted by molar-refractivity contribution is 6.30. The van der Waals surface area contributed by atoms with Crippen molar-refractivity contribution in [1.82, 2.24) is 10.6 Å². The van der Waals surface area contributed by atoms with Gasteiger partial charge in [0.2, 0.25) is 0 Å². The van der Waals surface area contributed by atoms with Crippen LogP contribution >= 0.6 is 11.6 Å². The van der Waals surface area contributed by atoms with E-state index in [-0.39, 0.29) is 29.2 Å². The van der Waals surface area contributed by atoms with Gasteiger partial charge in [-0.15, -0.1) is 0 Å². The highest BCUT2D eigenvalue weighted by Gasteiger charge is 2.55. The Morgan fingerprint density at radius 2 is 1.94 bits per heavy atom. The van der Waals surface area contributed by atoms with E-state index in [1.54, 1.807) is 0 Å². The molecule has 0 aromatic heterocycles. The molecule has 3 fully saturated rings. The van der Waals surface area contributed by atoms with E-state index in [4.69, 9.17) is 21.1 Å². The molecule has 2 amide bonds. The van der Waals surface area contributed by atoms with Crippen molar-refractivity contribution in [2.45, 2.75) is 75.2 Å². The topological polar surface area (TPSA) is 96.9 Å². The van der Waals surface area contributed by atoms with E-state index in [0.29, 0.717) is 38.5 Å². The first kappa shape index (κ1) is 24.8. The minimum Gasteiger partial charge on any atom is -0.484 e. The number of aliphatic hydroxyl groups excluding tert-OH is 1. The van der Waals surface area contributed by atoms with Crippen LogP contribution in [0.3, 0.4) is 0 Å². The monoisotopic (exact) mass is 516 g/mol. The van der Waals surface area contributed by atoms with Crippen LogP contribution in [0.4, 0.5) is 4.39 Å². The van der Waals surface area contributed by atoms with Gasteiger partial charge in [0.25, 0.3) is 11.8 Å². The van der Waals surface area contributed by atoms with Crippen molar-refractivity contribution < 1.29 is 28.6 Å². The number of fused-ring (bicyclic) bond motifs is 4. The molecule has 3 aliphatic carbocycles.